The molecule has 1 aliphatic rings. The third kappa shape index (κ3) is 1.72. The van der Waals surface area contributed by atoms with Gasteiger partial charge >= 0.3 is 0 Å². The molecule has 0 radical (unpaired) electrons. The van der Waals surface area contributed by atoms with Crippen LogP contribution in [0.2, 0.25) is 0 Å². The average molecular weight is 241 g/mol. The smallest absolute Gasteiger partial charge is 0.103 e. The molecular formula is C15H19N3. The van der Waals surface area contributed by atoms with E-state index in [1.165, 1.54) is 5.69 Å². The predicted octanol–water partition coefficient (Wildman–Crippen LogP) is 3.33. The van der Waals surface area contributed by atoms with Crippen molar-refractivity contribution in [2.75, 3.05) is 16.8 Å². The highest BCUT2D eigenvalue weighted by molar-refractivity contribution is 5.79. The van der Waals surface area contributed by atoms with Gasteiger partial charge < -0.3 is 9.80 Å². The SMILES string of the molecule is C=C/C(C)=C(\C=C)N1c2cnccc2N(C)[C@@H]1C. The Kier molecular flexibility index (Phi) is 3.24. The maximum atomic E-state index is 4.23. The van der Waals surface area contributed by atoms with E-state index in [2.05, 4.69) is 41.9 Å². The molecular weight excluding hydrogens is 222 g/mol. The summed E-state index contributed by atoms with van der Waals surface area (Å²) < 4.78 is 0. The van der Waals surface area contributed by atoms with Gasteiger partial charge in [-0.3, -0.25) is 4.98 Å². The van der Waals surface area contributed by atoms with Gasteiger partial charge in [-0.25, -0.2) is 0 Å². The summed E-state index contributed by atoms with van der Waals surface area (Å²) in [5.74, 6) is 0. The number of anilines is 2. The summed E-state index contributed by atoms with van der Waals surface area (Å²) in [6.45, 7) is 12.0. The Hall–Kier alpha value is -2.03. The molecule has 0 aromatic carbocycles. The molecule has 94 valence electrons. The Morgan fingerprint density at radius 2 is 2.06 bits per heavy atom. The first-order chi connectivity index (χ1) is 8.61. The van der Waals surface area contributed by atoms with Crippen molar-refractivity contribution in [2.24, 2.45) is 0 Å². The minimum Gasteiger partial charge on any atom is -0.352 e. The van der Waals surface area contributed by atoms with Crippen LogP contribution in [0.15, 0.2) is 55.0 Å². The number of nitrogens with zero attached hydrogens (tertiary/aromatic N) is 3. The first-order valence-electron chi connectivity index (χ1n) is 6.03. The Morgan fingerprint density at radius 3 is 2.67 bits per heavy atom. The molecule has 0 bridgehead atoms. The molecule has 1 atom stereocenters. The molecule has 0 spiro atoms. The summed E-state index contributed by atoms with van der Waals surface area (Å²) in [7, 11) is 2.09. The van der Waals surface area contributed by atoms with Gasteiger partial charge in [-0.1, -0.05) is 19.2 Å². The van der Waals surface area contributed by atoms with Gasteiger partial charge in [0.05, 0.1) is 17.6 Å². The fraction of sp³-hybridized carbons (Fsp3) is 0.267. The molecule has 0 unspecified atom stereocenters. The standard InChI is InChI=1S/C15H19N3/c1-6-11(3)13(7-2)18-12(4)17(5)14-8-9-16-10-15(14)18/h6-10,12H,1-2H2,3-5H3/b13-11+/t12-/m0/s1. The van der Waals surface area contributed by atoms with E-state index in [0.717, 1.165) is 17.0 Å². The number of aromatic nitrogens is 1. The van der Waals surface area contributed by atoms with Crippen LogP contribution in [0.5, 0.6) is 0 Å². The molecule has 0 amide bonds. The summed E-state index contributed by atoms with van der Waals surface area (Å²) in [5, 5.41) is 0. The minimum atomic E-state index is 0.243. The van der Waals surface area contributed by atoms with Gasteiger partial charge in [0.25, 0.3) is 0 Å². The van der Waals surface area contributed by atoms with Crippen molar-refractivity contribution in [3.63, 3.8) is 0 Å². The number of hydrogen-bond donors (Lipinski definition) is 0. The van der Waals surface area contributed by atoms with Gasteiger partial charge in [-0.15, -0.1) is 0 Å². The summed E-state index contributed by atoms with van der Waals surface area (Å²) in [5.41, 5.74) is 4.50. The summed E-state index contributed by atoms with van der Waals surface area (Å²) in [6.07, 6.45) is 7.70. The zero-order chi connectivity index (χ0) is 13.3. The Bertz CT molecular complexity index is 516. The van der Waals surface area contributed by atoms with E-state index in [9.17, 15) is 0 Å². The molecule has 1 aromatic heterocycles. The maximum absolute atomic E-state index is 4.23. The zero-order valence-corrected chi connectivity index (χ0v) is 11.2. The normalized spacial score (nSPS) is 19.4. The number of hydrogen-bond acceptors (Lipinski definition) is 3. The van der Waals surface area contributed by atoms with Crippen molar-refractivity contribution in [3.8, 4) is 0 Å². The minimum absolute atomic E-state index is 0.243. The van der Waals surface area contributed by atoms with E-state index >= 15 is 0 Å². The Balaban J connectivity index is 2.59. The third-order valence-electron chi connectivity index (χ3n) is 3.51. The fourth-order valence-corrected chi connectivity index (χ4v) is 2.32. The number of pyridine rings is 1. The molecule has 0 fully saturated rings. The highest BCUT2D eigenvalue weighted by atomic mass is 15.4. The summed E-state index contributed by atoms with van der Waals surface area (Å²) in [4.78, 5) is 8.70. The van der Waals surface area contributed by atoms with Crippen LogP contribution in [0.1, 0.15) is 13.8 Å². The number of rotatable bonds is 3. The molecule has 0 saturated heterocycles. The Labute approximate surface area is 109 Å². The van der Waals surface area contributed by atoms with Crippen molar-refractivity contribution in [1.82, 2.24) is 4.98 Å². The van der Waals surface area contributed by atoms with Crippen LogP contribution in [0, 0.1) is 0 Å². The van der Waals surface area contributed by atoms with E-state index in [1.807, 2.05) is 37.5 Å². The van der Waals surface area contributed by atoms with E-state index in [0.29, 0.717) is 0 Å². The highest BCUT2D eigenvalue weighted by Crippen LogP contribution is 2.40. The predicted molar refractivity (Wildman–Crippen MR) is 77.7 cm³/mol. The molecule has 3 nitrogen and oxygen atoms in total. The molecule has 2 heterocycles. The Morgan fingerprint density at radius 1 is 1.33 bits per heavy atom. The van der Waals surface area contributed by atoms with Crippen molar-refractivity contribution in [1.29, 1.82) is 0 Å². The van der Waals surface area contributed by atoms with Crippen molar-refractivity contribution in [3.05, 3.63) is 55.0 Å². The first kappa shape index (κ1) is 12.4. The van der Waals surface area contributed by atoms with Crippen molar-refractivity contribution in [2.45, 2.75) is 20.0 Å². The average Bonchev–Trinajstić information content (AvgIpc) is 2.65. The quantitative estimate of drug-likeness (QED) is 0.757. The van der Waals surface area contributed by atoms with Crippen molar-refractivity contribution < 1.29 is 0 Å². The van der Waals surface area contributed by atoms with Crippen LogP contribution in [0.4, 0.5) is 11.4 Å². The van der Waals surface area contributed by atoms with Gasteiger partial charge in [-0.05, 0) is 31.6 Å². The maximum Gasteiger partial charge on any atom is 0.103 e. The largest absolute Gasteiger partial charge is 0.352 e. The molecule has 0 N–H and O–H groups in total. The monoisotopic (exact) mass is 241 g/mol. The highest BCUT2D eigenvalue weighted by Gasteiger charge is 2.32. The first-order valence-corrected chi connectivity index (χ1v) is 6.03. The second kappa shape index (κ2) is 4.69. The van der Waals surface area contributed by atoms with Crippen LogP contribution in [0.3, 0.4) is 0 Å². The molecule has 18 heavy (non-hydrogen) atoms. The van der Waals surface area contributed by atoms with E-state index < -0.39 is 0 Å². The number of allylic oxidation sites excluding steroid dienone is 3. The van der Waals surface area contributed by atoms with Crippen molar-refractivity contribution >= 4 is 11.4 Å². The van der Waals surface area contributed by atoms with Crippen LogP contribution in [-0.4, -0.2) is 18.2 Å². The third-order valence-corrected chi connectivity index (χ3v) is 3.51. The van der Waals surface area contributed by atoms with Gasteiger partial charge in [0.1, 0.15) is 6.17 Å². The lowest BCUT2D eigenvalue weighted by Gasteiger charge is -2.29. The van der Waals surface area contributed by atoms with Crippen LogP contribution < -0.4 is 9.80 Å². The molecule has 3 heteroatoms. The van der Waals surface area contributed by atoms with Gasteiger partial charge in [0.15, 0.2) is 0 Å². The lowest BCUT2D eigenvalue weighted by Crippen LogP contribution is -2.38. The second-order valence-corrected chi connectivity index (χ2v) is 4.45. The lowest BCUT2D eigenvalue weighted by atomic mass is 10.2. The van der Waals surface area contributed by atoms with Gasteiger partial charge in [0.2, 0.25) is 0 Å². The van der Waals surface area contributed by atoms with Gasteiger partial charge in [0, 0.05) is 18.9 Å². The summed E-state index contributed by atoms with van der Waals surface area (Å²) in [6, 6.07) is 2.04. The number of fused-ring (bicyclic) bond motifs is 1. The van der Waals surface area contributed by atoms with E-state index in [1.54, 1.807) is 0 Å². The van der Waals surface area contributed by atoms with Crippen LogP contribution in [-0.2, 0) is 0 Å². The fourth-order valence-electron chi connectivity index (χ4n) is 2.32. The van der Waals surface area contributed by atoms with E-state index in [4.69, 9.17) is 0 Å². The zero-order valence-electron chi connectivity index (χ0n) is 11.2. The molecule has 1 aliphatic heterocycles. The van der Waals surface area contributed by atoms with Crippen LogP contribution in [0.25, 0.3) is 0 Å². The lowest BCUT2D eigenvalue weighted by molar-refractivity contribution is 0.714. The molecule has 0 aliphatic carbocycles. The van der Waals surface area contributed by atoms with Crippen LogP contribution >= 0.6 is 0 Å². The topological polar surface area (TPSA) is 19.4 Å². The van der Waals surface area contributed by atoms with E-state index in [-0.39, 0.29) is 6.17 Å². The molecule has 0 saturated carbocycles. The summed E-state index contributed by atoms with van der Waals surface area (Å²) >= 11 is 0. The van der Waals surface area contributed by atoms with Gasteiger partial charge in [-0.2, -0.15) is 0 Å². The molecule has 1 aromatic rings. The molecule has 2 rings (SSSR count). The second-order valence-electron chi connectivity index (χ2n) is 4.45.